The summed E-state index contributed by atoms with van der Waals surface area (Å²) in [7, 11) is 0. The number of piperidine rings is 1. The van der Waals surface area contributed by atoms with Crippen LogP contribution in [-0.4, -0.2) is 229 Å². The second-order valence-electron chi connectivity index (χ2n) is 24.0. The van der Waals surface area contributed by atoms with Gasteiger partial charge in [-0.2, -0.15) is 0 Å². The zero-order valence-electron chi connectivity index (χ0n) is 41.8. The van der Waals surface area contributed by atoms with Gasteiger partial charge >= 0.3 is 0 Å². The molecule has 72 heavy (non-hydrogen) atoms. The number of hydrogen-bond acceptors (Lipinski definition) is 22. The zero-order chi connectivity index (χ0) is 51.3. The summed E-state index contributed by atoms with van der Waals surface area (Å²) in [5, 5.41) is 133. The summed E-state index contributed by atoms with van der Waals surface area (Å²) in [5.41, 5.74) is 0.147. The molecule has 414 valence electrons. The minimum atomic E-state index is -1.99. The maximum absolute atomic E-state index is 11.8. The molecule has 31 atom stereocenters. The van der Waals surface area contributed by atoms with E-state index in [2.05, 4.69) is 33.0 Å². The number of fused-ring (bicyclic) bond motifs is 7. The molecule has 0 bridgehead atoms. The van der Waals surface area contributed by atoms with Crippen molar-refractivity contribution in [3.8, 4) is 0 Å². The van der Waals surface area contributed by atoms with E-state index >= 15 is 0 Å². The largest absolute Gasteiger partial charge is 0.394 e. The topological polar surface area (TPSA) is 338 Å². The molecular weight excluding hydrogens is 951 g/mol. The summed E-state index contributed by atoms with van der Waals surface area (Å²) in [6.07, 6.45) is -22.4. The van der Waals surface area contributed by atoms with Gasteiger partial charge in [0, 0.05) is 12.5 Å². The Hall–Kier alpha value is -0.880. The minimum Gasteiger partial charge on any atom is -0.394 e. The Morgan fingerprint density at radius 3 is 1.88 bits per heavy atom. The molecule has 0 aromatic heterocycles. The fraction of sp³-hybridized carbons (Fsp3) is 1.00. The van der Waals surface area contributed by atoms with Crippen LogP contribution in [0.2, 0.25) is 0 Å². The standard InChI is InChI=1S/C50H83NO21/c1-20-7-12-50(51-15-20)21(2)32-28(72-50)14-26-24-6-5-22-13-23(8-10-48(22,3)25(24)9-11-49(26,32)4)65-45-40(63)37(60)41(31(18-54)68-45)69-47-43(71-46-39(62)36(59)34(57)29(16-52)66-46)42(35(58)30(17-53)67-47)70-44-38(61)33(56)27(55)19-64-44/h20-47,51-63H,5-19H2,1-4H3/t20-,21-,22-,23-,24+,25-,26-,27+,28-,29+,30+,31+,32-,33-,34+,35+,36-,37+,38+,39+,40+,41-,42-,43+,44?,45+,46?,47-,48-,49-,50?/m0/s1. The molecule has 6 aliphatic heterocycles. The third-order valence-corrected chi connectivity index (χ3v) is 20.2. The summed E-state index contributed by atoms with van der Waals surface area (Å²) >= 11 is 0. The molecule has 22 heteroatoms. The molecule has 1 spiro atoms. The average Bonchev–Trinajstić information content (AvgIpc) is 3.82. The van der Waals surface area contributed by atoms with Crippen LogP contribution >= 0.6 is 0 Å². The van der Waals surface area contributed by atoms with Crippen molar-refractivity contribution in [2.45, 2.75) is 227 Å². The monoisotopic (exact) mass is 1030 g/mol. The van der Waals surface area contributed by atoms with Crippen LogP contribution in [0.25, 0.3) is 0 Å². The van der Waals surface area contributed by atoms with Gasteiger partial charge in [-0.25, -0.2) is 0 Å². The predicted octanol–water partition coefficient (Wildman–Crippen LogP) is -2.70. The van der Waals surface area contributed by atoms with E-state index in [1.165, 1.54) is 19.3 Å². The van der Waals surface area contributed by atoms with Gasteiger partial charge in [0.25, 0.3) is 0 Å². The van der Waals surface area contributed by atoms with E-state index in [0.717, 1.165) is 45.1 Å². The average molecular weight is 1030 g/mol. The Bertz CT molecular complexity index is 1830. The van der Waals surface area contributed by atoms with Gasteiger partial charge in [0.1, 0.15) is 97.3 Å². The van der Waals surface area contributed by atoms with Gasteiger partial charge in [0.15, 0.2) is 25.2 Å². The van der Waals surface area contributed by atoms with Crippen LogP contribution in [0.3, 0.4) is 0 Å². The van der Waals surface area contributed by atoms with Crippen LogP contribution in [0.5, 0.6) is 0 Å². The molecule has 3 unspecified atom stereocenters. The molecule has 13 N–H and O–H groups in total. The van der Waals surface area contributed by atoms with E-state index in [9.17, 15) is 61.3 Å². The van der Waals surface area contributed by atoms with E-state index < -0.39 is 143 Å². The molecule has 4 saturated carbocycles. The van der Waals surface area contributed by atoms with Crippen molar-refractivity contribution in [3.05, 3.63) is 0 Å². The lowest BCUT2D eigenvalue weighted by atomic mass is 9.44. The molecular formula is C50H83NO21. The van der Waals surface area contributed by atoms with Gasteiger partial charge in [0.2, 0.25) is 0 Å². The van der Waals surface area contributed by atoms with Gasteiger partial charge in [-0.05, 0) is 111 Å². The third-order valence-electron chi connectivity index (χ3n) is 20.2. The van der Waals surface area contributed by atoms with Crippen LogP contribution in [0.1, 0.15) is 91.9 Å². The van der Waals surface area contributed by atoms with Crippen molar-refractivity contribution in [2.24, 2.45) is 52.3 Å². The molecule has 0 aromatic carbocycles. The first kappa shape index (κ1) is 54.5. The van der Waals surface area contributed by atoms with E-state index in [-0.39, 0.29) is 28.8 Å². The molecule has 22 nitrogen and oxygen atoms in total. The van der Waals surface area contributed by atoms with Crippen molar-refractivity contribution < 1.29 is 104 Å². The van der Waals surface area contributed by atoms with E-state index in [1.807, 2.05) is 0 Å². The first-order chi connectivity index (χ1) is 34.3. The van der Waals surface area contributed by atoms with Crippen LogP contribution in [0, 0.1) is 52.3 Å². The second-order valence-corrected chi connectivity index (χ2v) is 24.0. The van der Waals surface area contributed by atoms with Gasteiger partial charge in [-0.1, -0.05) is 27.7 Å². The molecule has 10 aliphatic rings. The number of nitrogens with one attached hydrogen (secondary N) is 1. The number of aliphatic hydroxyl groups is 12. The van der Waals surface area contributed by atoms with Gasteiger partial charge in [-0.15, -0.1) is 0 Å². The van der Waals surface area contributed by atoms with Crippen LogP contribution in [-0.2, 0) is 42.6 Å². The zero-order valence-corrected chi connectivity index (χ0v) is 41.8. The van der Waals surface area contributed by atoms with E-state index in [1.54, 1.807) is 0 Å². The molecule has 10 rings (SSSR count). The quantitative estimate of drug-likeness (QED) is 0.0937. The van der Waals surface area contributed by atoms with Crippen molar-refractivity contribution in [2.75, 3.05) is 33.0 Å². The molecule has 0 radical (unpaired) electrons. The number of hydrogen-bond donors (Lipinski definition) is 13. The van der Waals surface area contributed by atoms with Gasteiger partial charge in [0.05, 0.1) is 38.6 Å². The Morgan fingerprint density at radius 2 is 1.17 bits per heavy atom. The lowest BCUT2D eigenvalue weighted by Gasteiger charge is -2.61. The SMILES string of the molecule is C[C@H]1CCC2(NC1)O[C@H]1C[C@H]3[C@@H]4CC[C@H]5C[C@@H](O[C@@H]6O[C@H](CO)[C@H](O[C@@H]7O[C@H](CO)[C@@H](O)[C@H](OC8OC[C@@H](O)[C@H](O)[C@H]8O)[C@H]7OC7O[C@H](CO)[C@@H](O)[C@H](O)[C@H]7O)[C@H](O)[C@H]6O)CC[C@]5(C)[C@H]4CC[C@]3(C)[C@H]1[C@@H]2C. The molecule has 0 aromatic rings. The van der Waals surface area contributed by atoms with Crippen molar-refractivity contribution in [1.82, 2.24) is 5.32 Å². The summed E-state index contributed by atoms with van der Waals surface area (Å²) in [6.45, 7) is 7.84. The smallest absolute Gasteiger partial charge is 0.187 e. The first-order valence-electron chi connectivity index (χ1n) is 26.8. The van der Waals surface area contributed by atoms with Crippen LogP contribution < -0.4 is 5.32 Å². The highest BCUT2D eigenvalue weighted by molar-refractivity contribution is 5.16. The Morgan fingerprint density at radius 1 is 0.542 bits per heavy atom. The highest BCUT2D eigenvalue weighted by Gasteiger charge is 2.69. The van der Waals surface area contributed by atoms with Crippen molar-refractivity contribution in [3.63, 3.8) is 0 Å². The molecule has 6 heterocycles. The number of aliphatic hydroxyl groups excluding tert-OH is 12. The normalized spacial score (nSPS) is 57.8. The van der Waals surface area contributed by atoms with Crippen molar-refractivity contribution >= 4 is 0 Å². The Kier molecular flexibility index (Phi) is 15.9. The molecule has 0 amide bonds. The maximum Gasteiger partial charge on any atom is 0.187 e. The fourth-order valence-electron chi connectivity index (χ4n) is 16.1. The van der Waals surface area contributed by atoms with Gasteiger partial charge in [-0.3, -0.25) is 5.32 Å². The summed E-state index contributed by atoms with van der Waals surface area (Å²) in [4.78, 5) is 0. The second kappa shape index (κ2) is 21.1. The predicted molar refractivity (Wildman–Crippen MR) is 244 cm³/mol. The van der Waals surface area contributed by atoms with Crippen LogP contribution in [0.4, 0.5) is 0 Å². The molecule has 6 saturated heterocycles. The van der Waals surface area contributed by atoms with E-state index in [4.69, 9.17) is 42.6 Å². The molecule has 10 fully saturated rings. The highest BCUT2D eigenvalue weighted by Crippen LogP contribution is 2.71. The summed E-state index contributed by atoms with van der Waals surface area (Å²) in [6, 6.07) is 0. The maximum atomic E-state index is 11.8. The first-order valence-corrected chi connectivity index (χ1v) is 26.8. The Balaban J connectivity index is 0.812. The lowest BCUT2D eigenvalue weighted by Crippen LogP contribution is -2.68. The highest BCUT2D eigenvalue weighted by atomic mass is 16.8. The molecule has 4 aliphatic carbocycles. The number of ether oxygens (including phenoxy) is 9. The van der Waals surface area contributed by atoms with Gasteiger partial charge < -0.3 is 104 Å². The van der Waals surface area contributed by atoms with Crippen molar-refractivity contribution in [1.29, 1.82) is 0 Å². The third kappa shape index (κ3) is 9.26. The fourth-order valence-corrected chi connectivity index (χ4v) is 16.1. The summed E-state index contributed by atoms with van der Waals surface area (Å²) in [5.74, 6) is 3.87. The lowest BCUT2D eigenvalue weighted by molar-refractivity contribution is -0.404. The van der Waals surface area contributed by atoms with E-state index in [0.29, 0.717) is 47.8 Å². The Labute approximate surface area is 420 Å². The summed E-state index contributed by atoms with van der Waals surface area (Å²) < 4.78 is 55.0. The minimum absolute atomic E-state index is 0.104. The van der Waals surface area contributed by atoms with Crippen LogP contribution in [0.15, 0.2) is 0 Å². The number of rotatable bonds is 11.